The van der Waals surface area contributed by atoms with Gasteiger partial charge in [-0.15, -0.1) is 0 Å². The van der Waals surface area contributed by atoms with E-state index in [-0.39, 0.29) is 0 Å². The van der Waals surface area contributed by atoms with Crippen LogP contribution in [0.15, 0.2) is 261 Å². The molecule has 12 aromatic carbocycles. The molecule has 0 aromatic heterocycles. The van der Waals surface area contributed by atoms with Crippen molar-refractivity contribution in [3.63, 3.8) is 0 Å². The van der Waals surface area contributed by atoms with E-state index in [0.717, 1.165) is 22.6 Å². The minimum atomic E-state index is 1.09. The molecule has 65 heavy (non-hydrogen) atoms. The SMILES string of the molecule is c1ccc(-c2ccc3cc(N(c4cccc(-c5ccc6c(c5)c(-c5ccccc5)c(-c5ccccc5)c5ccccc56)c4)c4ccc(-c5ccccc5)c5ccccc45)ccc3c2)cc1. The number of benzene rings is 12. The topological polar surface area (TPSA) is 3.24 Å². The Bertz CT molecular complexity index is 3690. The predicted octanol–water partition coefficient (Wildman–Crippen LogP) is 18.1. The Morgan fingerprint density at radius 3 is 1.40 bits per heavy atom. The van der Waals surface area contributed by atoms with E-state index in [1.54, 1.807) is 0 Å². The van der Waals surface area contributed by atoms with Crippen LogP contribution in [0.1, 0.15) is 0 Å². The van der Waals surface area contributed by atoms with Crippen molar-refractivity contribution in [2.75, 3.05) is 4.90 Å². The number of hydrogen-bond donors (Lipinski definition) is 0. The van der Waals surface area contributed by atoms with Crippen molar-refractivity contribution in [1.29, 1.82) is 0 Å². The third-order valence-corrected chi connectivity index (χ3v) is 13.0. The van der Waals surface area contributed by atoms with Gasteiger partial charge in [-0.1, -0.05) is 218 Å². The van der Waals surface area contributed by atoms with Gasteiger partial charge in [0.1, 0.15) is 0 Å². The largest absolute Gasteiger partial charge is 0.310 e. The smallest absolute Gasteiger partial charge is 0.0540 e. The summed E-state index contributed by atoms with van der Waals surface area (Å²) in [7, 11) is 0. The Kier molecular flexibility index (Phi) is 9.58. The number of anilines is 3. The second-order valence-electron chi connectivity index (χ2n) is 16.8. The van der Waals surface area contributed by atoms with E-state index in [1.165, 1.54) is 93.2 Å². The summed E-state index contributed by atoms with van der Waals surface area (Å²) in [5.74, 6) is 0. The molecule has 0 atom stereocenters. The average molecular weight is 826 g/mol. The molecule has 0 N–H and O–H groups in total. The van der Waals surface area contributed by atoms with Crippen LogP contribution >= 0.6 is 0 Å². The molecule has 0 amide bonds. The first-order valence-electron chi connectivity index (χ1n) is 22.4. The van der Waals surface area contributed by atoms with Gasteiger partial charge in [0.25, 0.3) is 0 Å². The highest BCUT2D eigenvalue weighted by Crippen LogP contribution is 2.47. The first-order chi connectivity index (χ1) is 32.2. The lowest BCUT2D eigenvalue weighted by Crippen LogP contribution is -2.11. The number of rotatable bonds is 8. The molecule has 0 saturated heterocycles. The van der Waals surface area contributed by atoms with E-state index < -0.39 is 0 Å². The minimum absolute atomic E-state index is 1.09. The van der Waals surface area contributed by atoms with Crippen molar-refractivity contribution in [2.45, 2.75) is 0 Å². The van der Waals surface area contributed by atoms with Crippen LogP contribution in [0.4, 0.5) is 17.1 Å². The maximum Gasteiger partial charge on any atom is 0.0540 e. The number of fused-ring (bicyclic) bond motifs is 5. The van der Waals surface area contributed by atoms with Gasteiger partial charge in [0.2, 0.25) is 0 Å². The molecule has 0 spiro atoms. The van der Waals surface area contributed by atoms with E-state index in [0.29, 0.717) is 0 Å². The van der Waals surface area contributed by atoms with Gasteiger partial charge in [-0.2, -0.15) is 0 Å². The summed E-state index contributed by atoms with van der Waals surface area (Å²) < 4.78 is 0. The Morgan fingerprint density at radius 2 is 0.692 bits per heavy atom. The molecule has 0 fully saturated rings. The number of hydrogen-bond acceptors (Lipinski definition) is 1. The molecule has 0 unspecified atom stereocenters. The molecular formula is C64H43N. The van der Waals surface area contributed by atoms with Crippen LogP contribution in [-0.2, 0) is 0 Å². The first kappa shape index (κ1) is 38.2. The molecule has 0 aliphatic carbocycles. The van der Waals surface area contributed by atoms with Crippen LogP contribution in [0.3, 0.4) is 0 Å². The monoisotopic (exact) mass is 825 g/mol. The fourth-order valence-corrected chi connectivity index (χ4v) is 9.96. The van der Waals surface area contributed by atoms with Crippen LogP contribution in [0.2, 0.25) is 0 Å². The van der Waals surface area contributed by atoms with E-state index >= 15 is 0 Å². The lowest BCUT2D eigenvalue weighted by Gasteiger charge is -2.28. The van der Waals surface area contributed by atoms with Gasteiger partial charge in [0, 0.05) is 16.8 Å². The van der Waals surface area contributed by atoms with Crippen LogP contribution < -0.4 is 4.90 Å². The second kappa shape index (κ2) is 16.3. The van der Waals surface area contributed by atoms with Crippen LogP contribution in [0.5, 0.6) is 0 Å². The zero-order valence-electron chi connectivity index (χ0n) is 35.8. The molecule has 0 saturated carbocycles. The fraction of sp³-hybridized carbons (Fsp3) is 0. The molecule has 0 radical (unpaired) electrons. The minimum Gasteiger partial charge on any atom is -0.310 e. The number of nitrogens with zero attached hydrogens (tertiary/aromatic N) is 1. The summed E-state index contributed by atoms with van der Waals surface area (Å²) in [5.41, 5.74) is 15.4. The van der Waals surface area contributed by atoms with Gasteiger partial charge in [0.05, 0.1) is 5.69 Å². The zero-order valence-corrected chi connectivity index (χ0v) is 35.8. The Balaban J connectivity index is 1.06. The van der Waals surface area contributed by atoms with Crippen LogP contribution in [-0.4, -0.2) is 0 Å². The molecule has 1 nitrogen and oxygen atoms in total. The van der Waals surface area contributed by atoms with Crippen molar-refractivity contribution in [3.8, 4) is 55.6 Å². The molecule has 12 rings (SSSR count). The molecular weight excluding hydrogens is 783 g/mol. The normalized spacial score (nSPS) is 11.4. The summed E-state index contributed by atoms with van der Waals surface area (Å²) >= 11 is 0. The van der Waals surface area contributed by atoms with Gasteiger partial charge in [-0.3, -0.25) is 0 Å². The zero-order chi connectivity index (χ0) is 43.1. The molecule has 12 aromatic rings. The molecule has 1 heteroatoms. The fourth-order valence-electron chi connectivity index (χ4n) is 9.96. The average Bonchev–Trinajstić information content (AvgIpc) is 3.39. The lowest BCUT2D eigenvalue weighted by molar-refractivity contribution is 1.30. The van der Waals surface area contributed by atoms with Crippen LogP contribution in [0.25, 0.3) is 98.7 Å². The maximum atomic E-state index is 2.45. The first-order valence-corrected chi connectivity index (χ1v) is 22.4. The van der Waals surface area contributed by atoms with Gasteiger partial charge in [0.15, 0.2) is 0 Å². The Hall–Kier alpha value is -8.52. The Morgan fingerprint density at radius 1 is 0.215 bits per heavy atom. The standard InChI is InChI=1S/C64H43N/c1-5-18-44(19-6-1)49-32-33-51-42-54(36-34-50(51)40-49)65(62-39-38-55(45-20-7-2-8-21-45)56-28-13-15-30-59(56)62)53-27-17-26-48(41-53)52-35-37-58-57-29-14-16-31-60(57)63(46-22-9-3-10-23-46)64(61(58)43-52)47-24-11-4-12-25-47/h1-43H. The highest BCUT2D eigenvalue weighted by molar-refractivity contribution is 6.22. The second-order valence-corrected chi connectivity index (χ2v) is 16.8. The van der Waals surface area contributed by atoms with Crippen molar-refractivity contribution in [2.24, 2.45) is 0 Å². The van der Waals surface area contributed by atoms with Gasteiger partial charge >= 0.3 is 0 Å². The van der Waals surface area contributed by atoms with Gasteiger partial charge in [-0.25, -0.2) is 0 Å². The van der Waals surface area contributed by atoms with Crippen LogP contribution in [0, 0.1) is 0 Å². The molecule has 0 aliphatic rings. The predicted molar refractivity (Wildman–Crippen MR) is 278 cm³/mol. The molecule has 0 heterocycles. The highest BCUT2D eigenvalue weighted by atomic mass is 15.1. The maximum absolute atomic E-state index is 2.45. The quantitative estimate of drug-likeness (QED) is 0.138. The molecule has 0 aliphatic heterocycles. The van der Waals surface area contributed by atoms with Crippen molar-refractivity contribution < 1.29 is 0 Å². The van der Waals surface area contributed by atoms with E-state index in [9.17, 15) is 0 Å². The summed E-state index contributed by atoms with van der Waals surface area (Å²) in [6.45, 7) is 0. The van der Waals surface area contributed by atoms with Gasteiger partial charge in [-0.05, 0) is 136 Å². The van der Waals surface area contributed by atoms with E-state index in [4.69, 9.17) is 0 Å². The van der Waals surface area contributed by atoms with E-state index in [2.05, 4.69) is 266 Å². The molecule has 0 bridgehead atoms. The lowest BCUT2D eigenvalue weighted by atomic mass is 9.84. The van der Waals surface area contributed by atoms with Crippen molar-refractivity contribution in [1.82, 2.24) is 0 Å². The van der Waals surface area contributed by atoms with Gasteiger partial charge < -0.3 is 4.90 Å². The third-order valence-electron chi connectivity index (χ3n) is 13.0. The summed E-state index contributed by atoms with van der Waals surface area (Å²) in [4.78, 5) is 2.45. The van der Waals surface area contributed by atoms with Crippen molar-refractivity contribution >= 4 is 60.2 Å². The summed E-state index contributed by atoms with van der Waals surface area (Å²) in [6.07, 6.45) is 0. The Labute approximate surface area is 379 Å². The summed E-state index contributed by atoms with van der Waals surface area (Å²) in [6, 6.07) is 95.3. The van der Waals surface area contributed by atoms with E-state index in [1.807, 2.05) is 0 Å². The summed E-state index contributed by atoms with van der Waals surface area (Å²) in [5, 5.41) is 9.81. The van der Waals surface area contributed by atoms with Crippen molar-refractivity contribution in [3.05, 3.63) is 261 Å². The highest BCUT2D eigenvalue weighted by Gasteiger charge is 2.21. The third kappa shape index (κ3) is 6.92. The molecule has 304 valence electrons.